The molecule has 2 aliphatic heterocycles. The summed E-state index contributed by atoms with van der Waals surface area (Å²) in [6.45, 7) is 2.39. The first-order chi connectivity index (χ1) is 15.8. The van der Waals surface area contributed by atoms with Gasteiger partial charge in [-0.25, -0.2) is 4.99 Å². The van der Waals surface area contributed by atoms with Crippen LogP contribution in [-0.4, -0.2) is 54.8 Å². The molecule has 0 unspecified atom stereocenters. The lowest BCUT2D eigenvalue weighted by Crippen LogP contribution is -2.38. The molecule has 174 valence electrons. The van der Waals surface area contributed by atoms with Gasteiger partial charge in [0.15, 0.2) is 5.75 Å². The number of fused-ring (bicyclic) bond motifs is 2. The van der Waals surface area contributed by atoms with Gasteiger partial charge in [0.25, 0.3) is 0 Å². The Hall–Kier alpha value is -3.23. The maximum Gasteiger partial charge on any atom is 0.416 e. The number of alkyl halides is 3. The van der Waals surface area contributed by atoms with Crippen LogP contribution in [0.15, 0.2) is 41.4 Å². The van der Waals surface area contributed by atoms with E-state index in [9.17, 15) is 18.0 Å². The van der Waals surface area contributed by atoms with Crippen molar-refractivity contribution in [2.24, 2.45) is 10.9 Å². The maximum absolute atomic E-state index is 13.4. The van der Waals surface area contributed by atoms with Gasteiger partial charge in [-0.2, -0.15) is 13.2 Å². The third-order valence-corrected chi connectivity index (χ3v) is 6.20. The number of amides is 1. The highest BCUT2D eigenvalue weighted by atomic mass is 19.4. The van der Waals surface area contributed by atoms with Crippen LogP contribution in [0.3, 0.4) is 0 Å². The van der Waals surface area contributed by atoms with Crippen molar-refractivity contribution in [2.45, 2.75) is 25.4 Å². The lowest BCUT2D eigenvalue weighted by atomic mass is 10.1. The molecule has 2 heterocycles. The van der Waals surface area contributed by atoms with Gasteiger partial charge >= 0.3 is 6.18 Å². The Morgan fingerprint density at radius 2 is 1.88 bits per heavy atom. The summed E-state index contributed by atoms with van der Waals surface area (Å²) in [5.74, 6) is 2.16. The van der Waals surface area contributed by atoms with E-state index in [4.69, 9.17) is 9.47 Å². The summed E-state index contributed by atoms with van der Waals surface area (Å²) < 4.78 is 51.4. The fourth-order valence-corrected chi connectivity index (χ4v) is 4.24. The van der Waals surface area contributed by atoms with E-state index in [0.717, 1.165) is 31.4 Å². The lowest BCUT2D eigenvalue weighted by molar-refractivity contribution is -0.137. The number of hydrogen-bond donors (Lipinski definition) is 0. The summed E-state index contributed by atoms with van der Waals surface area (Å²) in [5, 5.41) is 0. The van der Waals surface area contributed by atoms with Crippen LogP contribution in [0.2, 0.25) is 0 Å². The molecular formula is C24H24F3N3O3. The molecule has 0 spiro atoms. The fraction of sp³-hybridized carbons (Fsp3) is 0.417. The van der Waals surface area contributed by atoms with Crippen molar-refractivity contribution in [3.8, 4) is 17.2 Å². The highest BCUT2D eigenvalue weighted by Gasteiger charge is 2.35. The summed E-state index contributed by atoms with van der Waals surface area (Å²) >= 11 is 0. The van der Waals surface area contributed by atoms with Crippen LogP contribution in [0, 0.1) is 5.92 Å². The minimum absolute atomic E-state index is 0.116. The molecule has 1 saturated carbocycles. The Kier molecular flexibility index (Phi) is 5.42. The van der Waals surface area contributed by atoms with Gasteiger partial charge in [0.1, 0.15) is 23.0 Å². The predicted octanol–water partition coefficient (Wildman–Crippen LogP) is 4.84. The number of hydrogen-bond acceptors (Lipinski definition) is 5. The van der Waals surface area contributed by atoms with E-state index in [0.29, 0.717) is 49.1 Å². The number of aliphatic imine (C=N–C) groups is 1. The molecule has 2 aromatic rings. The van der Waals surface area contributed by atoms with Gasteiger partial charge in [0, 0.05) is 38.2 Å². The molecule has 5 rings (SSSR count). The van der Waals surface area contributed by atoms with Crippen molar-refractivity contribution in [1.82, 2.24) is 9.80 Å². The van der Waals surface area contributed by atoms with Crippen molar-refractivity contribution < 1.29 is 27.4 Å². The molecule has 0 atom stereocenters. The third kappa shape index (κ3) is 4.36. The number of rotatable bonds is 2. The predicted molar refractivity (Wildman–Crippen MR) is 116 cm³/mol. The molecule has 0 bridgehead atoms. The largest absolute Gasteiger partial charge is 0.497 e. The van der Waals surface area contributed by atoms with E-state index < -0.39 is 11.7 Å². The van der Waals surface area contributed by atoms with Gasteiger partial charge in [-0.05, 0) is 49.6 Å². The van der Waals surface area contributed by atoms with Crippen molar-refractivity contribution in [2.75, 3.05) is 33.3 Å². The van der Waals surface area contributed by atoms with E-state index in [2.05, 4.69) is 4.99 Å². The van der Waals surface area contributed by atoms with E-state index in [-0.39, 0.29) is 23.3 Å². The van der Waals surface area contributed by atoms with Crippen LogP contribution in [0.4, 0.5) is 18.9 Å². The van der Waals surface area contributed by atoms with E-state index in [1.54, 1.807) is 12.1 Å². The van der Waals surface area contributed by atoms with Gasteiger partial charge in [0.2, 0.25) is 5.91 Å². The van der Waals surface area contributed by atoms with Gasteiger partial charge in [-0.3, -0.25) is 4.79 Å². The summed E-state index contributed by atoms with van der Waals surface area (Å²) in [6.07, 6.45) is -1.83. The smallest absolute Gasteiger partial charge is 0.416 e. The van der Waals surface area contributed by atoms with Crippen LogP contribution in [0.5, 0.6) is 17.2 Å². The zero-order valence-corrected chi connectivity index (χ0v) is 18.2. The number of amidine groups is 1. The summed E-state index contributed by atoms with van der Waals surface area (Å²) in [6, 6.07) is 8.59. The first kappa shape index (κ1) is 21.6. The second kappa shape index (κ2) is 8.28. The molecule has 1 amide bonds. The van der Waals surface area contributed by atoms with Crippen LogP contribution >= 0.6 is 0 Å². The van der Waals surface area contributed by atoms with Crippen molar-refractivity contribution >= 4 is 17.4 Å². The second-order valence-corrected chi connectivity index (χ2v) is 8.52. The molecule has 1 aliphatic carbocycles. The Morgan fingerprint density at radius 1 is 1.06 bits per heavy atom. The van der Waals surface area contributed by atoms with Crippen LogP contribution in [0.25, 0.3) is 0 Å². The van der Waals surface area contributed by atoms with Crippen LogP contribution in [-0.2, 0) is 11.0 Å². The third-order valence-electron chi connectivity index (χ3n) is 6.20. The average molecular weight is 459 g/mol. The van der Waals surface area contributed by atoms with E-state index >= 15 is 0 Å². The minimum Gasteiger partial charge on any atom is -0.497 e. The van der Waals surface area contributed by atoms with E-state index in [1.165, 1.54) is 13.2 Å². The van der Waals surface area contributed by atoms with Gasteiger partial charge in [0.05, 0.1) is 18.2 Å². The molecule has 9 heteroatoms. The van der Waals surface area contributed by atoms with Crippen LogP contribution < -0.4 is 9.47 Å². The lowest BCUT2D eigenvalue weighted by Gasteiger charge is -2.25. The fourth-order valence-electron chi connectivity index (χ4n) is 4.24. The zero-order chi connectivity index (χ0) is 23.2. The Labute approximate surface area is 189 Å². The molecule has 0 N–H and O–H groups in total. The number of halogens is 3. The standard InChI is InChI=1S/C24H24F3N3O3/c1-32-17-6-7-18-21(14-17)33-20-8-5-16(24(25,26)27)13-19(20)28-22(18)29-9-2-10-30(12-11-29)23(31)15-3-4-15/h5-8,13-15H,2-4,9-12H2,1H3. The van der Waals surface area contributed by atoms with Crippen molar-refractivity contribution in [3.63, 3.8) is 0 Å². The Bertz CT molecular complexity index is 1110. The monoisotopic (exact) mass is 459 g/mol. The molecule has 0 radical (unpaired) electrons. The topological polar surface area (TPSA) is 54.4 Å². The summed E-state index contributed by atoms with van der Waals surface area (Å²) in [4.78, 5) is 21.1. The first-order valence-electron chi connectivity index (χ1n) is 11.0. The zero-order valence-electron chi connectivity index (χ0n) is 18.2. The molecule has 2 fully saturated rings. The maximum atomic E-state index is 13.4. The van der Waals surface area contributed by atoms with Gasteiger partial charge < -0.3 is 19.3 Å². The van der Waals surface area contributed by atoms with Gasteiger partial charge in [-0.15, -0.1) is 0 Å². The molecule has 3 aliphatic rings. The summed E-state index contributed by atoms with van der Waals surface area (Å²) in [5.41, 5.74) is 0.00115. The van der Waals surface area contributed by atoms with Crippen molar-refractivity contribution in [3.05, 3.63) is 47.5 Å². The molecule has 1 saturated heterocycles. The number of ether oxygens (including phenoxy) is 2. The van der Waals surface area contributed by atoms with Crippen LogP contribution in [0.1, 0.15) is 30.4 Å². The number of carbonyl (C=O) groups is 1. The SMILES string of the molecule is COc1ccc2c(c1)Oc1ccc(C(F)(F)F)cc1N=C2N1CCCN(C(=O)C2CC2)CC1. The molecular weight excluding hydrogens is 435 g/mol. The number of methoxy groups -OCH3 is 1. The highest BCUT2D eigenvalue weighted by Crippen LogP contribution is 2.42. The normalized spacial score (nSPS) is 18.4. The average Bonchev–Trinajstić information content (AvgIpc) is 3.65. The number of benzene rings is 2. The molecule has 33 heavy (non-hydrogen) atoms. The summed E-state index contributed by atoms with van der Waals surface area (Å²) in [7, 11) is 1.54. The number of carbonyl (C=O) groups excluding carboxylic acids is 1. The second-order valence-electron chi connectivity index (χ2n) is 8.52. The number of nitrogens with zero attached hydrogens (tertiary/aromatic N) is 3. The van der Waals surface area contributed by atoms with Crippen molar-refractivity contribution in [1.29, 1.82) is 0 Å². The highest BCUT2D eigenvalue weighted by molar-refractivity contribution is 6.04. The van der Waals surface area contributed by atoms with E-state index in [1.807, 2.05) is 15.9 Å². The Morgan fingerprint density at radius 3 is 2.61 bits per heavy atom. The Balaban J connectivity index is 1.53. The minimum atomic E-state index is -4.49. The first-order valence-corrected chi connectivity index (χ1v) is 11.0. The molecule has 6 nitrogen and oxygen atoms in total. The van der Waals surface area contributed by atoms with Gasteiger partial charge in [-0.1, -0.05) is 0 Å². The molecule has 0 aromatic heterocycles. The molecule has 2 aromatic carbocycles. The quantitative estimate of drug-likeness (QED) is 0.645.